The summed E-state index contributed by atoms with van der Waals surface area (Å²) in [5.74, 6) is -0.189. The zero-order chi connectivity index (χ0) is 20.5. The molecule has 0 saturated heterocycles. The van der Waals surface area contributed by atoms with Crippen LogP contribution in [0.1, 0.15) is 19.4 Å². The molecule has 5 nitrogen and oxygen atoms in total. The van der Waals surface area contributed by atoms with Crippen molar-refractivity contribution in [1.82, 2.24) is 10.2 Å². The van der Waals surface area contributed by atoms with Crippen molar-refractivity contribution in [2.75, 3.05) is 20.2 Å². The number of nitrogens with one attached hydrogen (secondary N) is 1. The van der Waals surface area contributed by atoms with E-state index in [0.29, 0.717) is 12.3 Å². The predicted octanol–water partition coefficient (Wildman–Crippen LogP) is 3.05. The Morgan fingerprint density at radius 1 is 1.07 bits per heavy atom. The van der Waals surface area contributed by atoms with Gasteiger partial charge in [0.05, 0.1) is 13.0 Å². The highest BCUT2D eigenvalue weighted by Crippen LogP contribution is 2.11. The van der Waals surface area contributed by atoms with Gasteiger partial charge in [-0.15, -0.1) is 0 Å². The smallest absolute Gasteiger partial charge is 0.245 e. The maximum atomic E-state index is 12.9. The molecule has 0 bridgehead atoms. The molecule has 0 radical (unpaired) electrons. The van der Waals surface area contributed by atoms with Gasteiger partial charge in [-0.2, -0.15) is 0 Å². The SMILES string of the molecule is CC(C)[C@H](NC(=O)Cc1ccccc1)C(=O)N(C)CCOc1ccc(F)cc1. The van der Waals surface area contributed by atoms with Crippen LogP contribution in [0, 0.1) is 11.7 Å². The van der Waals surface area contributed by atoms with Gasteiger partial charge in [-0.05, 0) is 35.7 Å². The lowest BCUT2D eigenvalue weighted by molar-refractivity contribution is -0.136. The maximum absolute atomic E-state index is 12.9. The summed E-state index contributed by atoms with van der Waals surface area (Å²) in [5, 5.41) is 2.85. The van der Waals surface area contributed by atoms with Crippen molar-refractivity contribution in [3.63, 3.8) is 0 Å². The summed E-state index contributed by atoms with van der Waals surface area (Å²) in [4.78, 5) is 26.6. The topological polar surface area (TPSA) is 58.6 Å². The summed E-state index contributed by atoms with van der Waals surface area (Å²) in [6, 6.07) is 14.5. The Morgan fingerprint density at radius 2 is 1.71 bits per heavy atom. The molecule has 2 amide bonds. The molecular weight excluding hydrogens is 359 g/mol. The van der Waals surface area contributed by atoms with Gasteiger partial charge in [0.25, 0.3) is 0 Å². The van der Waals surface area contributed by atoms with Gasteiger partial charge >= 0.3 is 0 Å². The number of halogens is 1. The van der Waals surface area contributed by atoms with Crippen LogP contribution in [0.25, 0.3) is 0 Å². The van der Waals surface area contributed by atoms with Crippen LogP contribution in [0.2, 0.25) is 0 Å². The molecule has 150 valence electrons. The summed E-state index contributed by atoms with van der Waals surface area (Å²) < 4.78 is 18.4. The number of benzene rings is 2. The Hall–Kier alpha value is -2.89. The fraction of sp³-hybridized carbons (Fsp3) is 0.364. The van der Waals surface area contributed by atoms with E-state index in [1.54, 1.807) is 7.05 Å². The van der Waals surface area contributed by atoms with Gasteiger partial charge < -0.3 is 15.0 Å². The Kier molecular flexibility index (Phi) is 7.99. The van der Waals surface area contributed by atoms with Crippen molar-refractivity contribution in [3.8, 4) is 5.75 Å². The molecule has 6 heteroatoms. The highest BCUT2D eigenvalue weighted by Gasteiger charge is 2.26. The largest absolute Gasteiger partial charge is 0.492 e. The van der Waals surface area contributed by atoms with E-state index in [2.05, 4.69) is 5.32 Å². The second kappa shape index (κ2) is 10.4. The zero-order valence-corrected chi connectivity index (χ0v) is 16.5. The van der Waals surface area contributed by atoms with Gasteiger partial charge in [0.1, 0.15) is 24.2 Å². The number of carbonyl (C=O) groups excluding carboxylic acids is 2. The first-order valence-electron chi connectivity index (χ1n) is 9.33. The molecule has 0 spiro atoms. The van der Waals surface area contributed by atoms with Gasteiger partial charge in [-0.1, -0.05) is 44.2 Å². The number of likely N-dealkylation sites (N-methyl/N-ethyl adjacent to an activating group) is 1. The minimum absolute atomic E-state index is 0.0484. The van der Waals surface area contributed by atoms with E-state index >= 15 is 0 Å². The number of hydrogen-bond donors (Lipinski definition) is 1. The summed E-state index contributed by atoms with van der Waals surface area (Å²) in [6.45, 7) is 4.42. The van der Waals surface area contributed by atoms with Crippen LogP contribution < -0.4 is 10.1 Å². The van der Waals surface area contributed by atoms with Gasteiger partial charge in [0.2, 0.25) is 11.8 Å². The molecule has 2 aromatic carbocycles. The van der Waals surface area contributed by atoms with Crippen LogP contribution >= 0.6 is 0 Å². The van der Waals surface area contributed by atoms with Crippen molar-refractivity contribution in [2.24, 2.45) is 5.92 Å². The third kappa shape index (κ3) is 6.68. The molecule has 1 N–H and O–H groups in total. The quantitative estimate of drug-likeness (QED) is 0.721. The molecule has 2 rings (SSSR count). The van der Waals surface area contributed by atoms with Crippen LogP contribution in [0.5, 0.6) is 5.75 Å². The second-order valence-electron chi connectivity index (χ2n) is 7.01. The fourth-order valence-electron chi connectivity index (χ4n) is 2.70. The maximum Gasteiger partial charge on any atom is 0.245 e. The van der Waals surface area contributed by atoms with Crippen molar-refractivity contribution in [1.29, 1.82) is 0 Å². The molecular formula is C22H27FN2O3. The molecule has 0 aromatic heterocycles. The average molecular weight is 386 g/mol. The van der Waals surface area contributed by atoms with E-state index in [0.717, 1.165) is 5.56 Å². The number of hydrogen-bond acceptors (Lipinski definition) is 3. The van der Waals surface area contributed by atoms with Crippen molar-refractivity contribution in [3.05, 3.63) is 66.0 Å². The number of ether oxygens (including phenoxy) is 1. The van der Waals surface area contributed by atoms with Crippen LogP contribution in [-0.4, -0.2) is 43.0 Å². The van der Waals surface area contributed by atoms with Gasteiger partial charge in [0, 0.05) is 7.05 Å². The van der Waals surface area contributed by atoms with Crippen LogP contribution in [0.4, 0.5) is 4.39 Å². The molecule has 0 saturated carbocycles. The highest BCUT2D eigenvalue weighted by atomic mass is 19.1. The number of carbonyl (C=O) groups is 2. The molecule has 1 atom stereocenters. The molecule has 0 heterocycles. The Labute approximate surface area is 165 Å². The lowest BCUT2D eigenvalue weighted by atomic mass is 10.0. The molecule has 0 aliphatic rings. The Balaban J connectivity index is 1.86. The van der Waals surface area contributed by atoms with Crippen LogP contribution in [0.3, 0.4) is 0 Å². The van der Waals surface area contributed by atoms with Gasteiger partial charge in [-0.3, -0.25) is 9.59 Å². The molecule has 28 heavy (non-hydrogen) atoms. The number of amides is 2. The first kappa shape index (κ1) is 21.4. The minimum atomic E-state index is -0.605. The fourth-order valence-corrected chi connectivity index (χ4v) is 2.70. The summed E-state index contributed by atoms with van der Waals surface area (Å²) in [6.07, 6.45) is 0.231. The van der Waals surface area contributed by atoms with Crippen molar-refractivity contribution in [2.45, 2.75) is 26.3 Å². The third-order valence-corrected chi connectivity index (χ3v) is 4.34. The first-order valence-corrected chi connectivity index (χ1v) is 9.33. The Bertz CT molecular complexity index is 763. The lowest BCUT2D eigenvalue weighted by Gasteiger charge is -2.27. The number of rotatable bonds is 9. The predicted molar refractivity (Wildman–Crippen MR) is 106 cm³/mol. The van der Waals surface area contributed by atoms with Crippen molar-refractivity contribution >= 4 is 11.8 Å². The minimum Gasteiger partial charge on any atom is -0.492 e. The van der Waals surface area contributed by atoms with E-state index < -0.39 is 6.04 Å². The van der Waals surface area contributed by atoms with Crippen LogP contribution in [0.15, 0.2) is 54.6 Å². The summed E-state index contributed by atoms with van der Waals surface area (Å²) >= 11 is 0. The number of nitrogens with zero attached hydrogens (tertiary/aromatic N) is 1. The summed E-state index contributed by atoms with van der Waals surface area (Å²) in [7, 11) is 1.68. The molecule has 0 unspecified atom stereocenters. The standard InChI is InChI=1S/C22H27FN2O3/c1-16(2)21(24-20(26)15-17-7-5-4-6-8-17)22(27)25(3)13-14-28-19-11-9-18(23)10-12-19/h4-12,16,21H,13-15H2,1-3H3,(H,24,26)/t21-/m0/s1. The lowest BCUT2D eigenvalue weighted by Crippen LogP contribution is -2.51. The van der Waals surface area contributed by atoms with E-state index in [4.69, 9.17) is 4.74 Å². The van der Waals surface area contributed by atoms with Gasteiger partial charge in [-0.25, -0.2) is 4.39 Å². The van der Waals surface area contributed by atoms with E-state index in [-0.39, 0.29) is 36.6 Å². The molecule has 0 aliphatic heterocycles. The zero-order valence-electron chi connectivity index (χ0n) is 16.5. The highest BCUT2D eigenvalue weighted by molar-refractivity contribution is 5.88. The monoisotopic (exact) mass is 386 g/mol. The van der Waals surface area contributed by atoms with Gasteiger partial charge in [0.15, 0.2) is 0 Å². The van der Waals surface area contributed by atoms with Crippen molar-refractivity contribution < 1.29 is 18.7 Å². The molecule has 0 aliphatic carbocycles. The third-order valence-electron chi connectivity index (χ3n) is 4.34. The average Bonchev–Trinajstić information content (AvgIpc) is 2.67. The Morgan fingerprint density at radius 3 is 2.32 bits per heavy atom. The van der Waals surface area contributed by atoms with E-state index in [9.17, 15) is 14.0 Å². The van der Waals surface area contributed by atoms with Crippen LogP contribution in [-0.2, 0) is 16.0 Å². The summed E-state index contributed by atoms with van der Waals surface area (Å²) in [5.41, 5.74) is 0.899. The molecule has 0 fully saturated rings. The second-order valence-corrected chi connectivity index (χ2v) is 7.01. The molecule has 2 aromatic rings. The van der Waals surface area contributed by atoms with E-state index in [1.165, 1.54) is 29.2 Å². The first-order chi connectivity index (χ1) is 13.4. The van der Waals surface area contributed by atoms with E-state index in [1.807, 2.05) is 44.2 Å². The normalized spacial score (nSPS) is 11.8.